The standard InChI is InChI=1S/C15H25N5O/c1-3-16-13-10-15(18-14(17-13)11-21-2)20-8-6-19(7-9-20)12-4-5-12/h10,12H,3-9,11H2,1-2H3,(H,16,17,18). The van der Waals surface area contributed by atoms with Gasteiger partial charge < -0.3 is 15.0 Å². The summed E-state index contributed by atoms with van der Waals surface area (Å²) in [6, 6.07) is 2.91. The number of ether oxygens (including phenoxy) is 1. The molecule has 0 aromatic carbocycles. The van der Waals surface area contributed by atoms with E-state index in [-0.39, 0.29) is 0 Å². The normalized spacial score (nSPS) is 19.8. The molecule has 0 atom stereocenters. The van der Waals surface area contributed by atoms with Gasteiger partial charge in [0.05, 0.1) is 0 Å². The number of anilines is 2. The monoisotopic (exact) mass is 291 g/mol. The Morgan fingerprint density at radius 2 is 2.00 bits per heavy atom. The van der Waals surface area contributed by atoms with E-state index in [4.69, 9.17) is 4.74 Å². The van der Waals surface area contributed by atoms with E-state index in [9.17, 15) is 0 Å². The van der Waals surface area contributed by atoms with E-state index in [1.165, 1.54) is 12.8 Å². The van der Waals surface area contributed by atoms with E-state index in [1.54, 1.807) is 7.11 Å². The first-order chi connectivity index (χ1) is 10.3. The van der Waals surface area contributed by atoms with Gasteiger partial charge in [-0.15, -0.1) is 0 Å². The van der Waals surface area contributed by atoms with Crippen LogP contribution in [0.1, 0.15) is 25.6 Å². The van der Waals surface area contributed by atoms with Crippen LogP contribution >= 0.6 is 0 Å². The zero-order valence-electron chi connectivity index (χ0n) is 13.0. The number of nitrogens with one attached hydrogen (secondary N) is 1. The highest BCUT2D eigenvalue weighted by atomic mass is 16.5. The number of nitrogens with zero attached hydrogens (tertiary/aromatic N) is 4. The van der Waals surface area contributed by atoms with E-state index in [0.29, 0.717) is 6.61 Å². The van der Waals surface area contributed by atoms with Gasteiger partial charge in [0.15, 0.2) is 5.82 Å². The van der Waals surface area contributed by atoms with Crippen molar-refractivity contribution in [1.29, 1.82) is 0 Å². The maximum Gasteiger partial charge on any atom is 0.158 e. The maximum absolute atomic E-state index is 5.18. The summed E-state index contributed by atoms with van der Waals surface area (Å²) in [7, 11) is 1.68. The van der Waals surface area contributed by atoms with Crippen LogP contribution in [0.15, 0.2) is 6.07 Å². The van der Waals surface area contributed by atoms with Crippen LogP contribution in [-0.2, 0) is 11.3 Å². The number of aromatic nitrogens is 2. The molecule has 21 heavy (non-hydrogen) atoms. The van der Waals surface area contributed by atoms with Crippen molar-refractivity contribution in [2.45, 2.75) is 32.4 Å². The Bertz CT molecular complexity index is 445. The lowest BCUT2D eigenvalue weighted by molar-refractivity contribution is 0.178. The number of piperazine rings is 1. The van der Waals surface area contributed by atoms with Crippen LogP contribution in [0, 0.1) is 0 Å². The minimum atomic E-state index is 0.453. The quantitative estimate of drug-likeness (QED) is 0.853. The average molecular weight is 291 g/mol. The highest BCUT2D eigenvalue weighted by Gasteiger charge is 2.31. The summed E-state index contributed by atoms with van der Waals surface area (Å²) in [4.78, 5) is 14.1. The summed E-state index contributed by atoms with van der Waals surface area (Å²) < 4.78 is 5.18. The molecule has 1 aromatic heterocycles. The lowest BCUT2D eigenvalue weighted by atomic mass is 10.3. The van der Waals surface area contributed by atoms with Crippen LogP contribution in [0.3, 0.4) is 0 Å². The molecule has 3 rings (SSSR count). The predicted molar refractivity (Wildman–Crippen MR) is 83.7 cm³/mol. The van der Waals surface area contributed by atoms with Crippen LogP contribution < -0.4 is 10.2 Å². The van der Waals surface area contributed by atoms with Crippen molar-refractivity contribution < 1.29 is 4.74 Å². The number of hydrogen-bond donors (Lipinski definition) is 1. The highest BCUT2D eigenvalue weighted by molar-refractivity contribution is 5.49. The summed E-state index contributed by atoms with van der Waals surface area (Å²) >= 11 is 0. The minimum absolute atomic E-state index is 0.453. The van der Waals surface area contributed by atoms with E-state index in [1.807, 2.05) is 0 Å². The number of hydrogen-bond acceptors (Lipinski definition) is 6. The molecule has 0 radical (unpaired) electrons. The fourth-order valence-corrected chi connectivity index (χ4v) is 2.87. The van der Waals surface area contributed by atoms with Gasteiger partial charge in [0, 0.05) is 51.9 Å². The molecule has 2 heterocycles. The molecular formula is C15H25N5O. The minimum Gasteiger partial charge on any atom is -0.377 e. The fraction of sp³-hybridized carbons (Fsp3) is 0.733. The largest absolute Gasteiger partial charge is 0.377 e. The van der Waals surface area contributed by atoms with Crippen LogP contribution in [0.5, 0.6) is 0 Å². The van der Waals surface area contributed by atoms with Crippen molar-refractivity contribution in [2.75, 3.05) is 50.1 Å². The van der Waals surface area contributed by atoms with E-state index in [0.717, 1.165) is 56.2 Å². The van der Waals surface area contributed by atoms with E-state index >= 15 is 0 Å². The first-order valence-corrected chi connectivity index (χ1v) is 7.90. The van der Waals surface area contributed by atoms with Gasteiger partial charge in [-0.1, -0.05) is 0 Å². The number of methoxy groups -OCH3 is 1. The third-order valence-electron chi connectivity index (χ3n) is 4.09. The summed E-state index contributed by atoms with van der Waals surface area (Å²) in [5.74, 6) is 2.65. The van der Waals surface area contributed by atoms with Gasteiger partial charge in [-0.25, -0.2) is 9.97 Å². The molecule has 0 spiro atoms. The Morgan fingerprint density at radius 1 is 1.24 bits per heavy atom. The molecule has 0 unspecified atom stereocenters. The van der Waals surface area contributed by atoms with Crippen molar-refractivity contribution in [3.05, 3.63) is 11.9 Å². The molecule has 0 amide bonds. The Balaban J connectivity index is 1.70. The first kappa shape index (κ1) is 14.5. The molecule has 6 nitrogen and oxygen atoms in total. The third kappa shape index (κ3) is 3.63. The van der Waals surface area contributed by atoms with Gasteiger partial charge in [0.1, 0.15) is 18.2 Å². The molecule has 1 aliphatic heterocycles. The third-order valence-corrected chi connectivity index (χ3v) is 4.09. The summed E-state index contributed by atoms with van der Waals surface area (Å²) in [6.45, 7) is 7.77. The van der Waals surface area contributed by atoms with E-state index < -0.39 is 0 Å². The lowest BCUT2D eigenvalue weighted by Crippen LogP contribution is -2.47. The summed E-state index contributed by atoms with van der Waals surface area (Å²) in [5, 5.41) is 3.28. The van der Waals surface area contributed by atoms with Gasteiger partial charge >= 0.3 is 0 Å². The second kappa shape index (κ2) is 6.58. The molecule has 2 aliphatic rings. The predicted octanol–water partition coefficient (Wildman–Crippen LogP) is 1.34. The topological polar surface area (TPSA) is 53.5 Å². The Morgan fingerprint density at radius 3 is 2.62 bits per heavy atom. The molecule has 1 N–H and O–H groups in total. The van der Waals surface area contributed by atoms with Gasteiger partial charge in [-0.2, -0.15) is 0 Å². The molecular weight excluding hydrogens is 266 g/mol. The molecule has 6 heteroatoms. The van der Waals surface area contributed by atoms with Gasteiger partial charge in [-0.3, -0.25) is 4.90 Å². The van der Waals surface area contributed by atoms with Gasteiger partial charge in [0.2, 0.25) is 0 Å². The van der Waals surface area contributed by atoms with Gasteiger partial charge in [0.25, 0.3) is 0 Å². The highest BCUT2D eigenvalue weighted by Crippen LogP contribution is 2.28. The molecule has 116 valence electrons. The molecule has 0 bridgehead atoms. The zero-order chi connectivity index (χ0) is 14.7. The Kier molecular flexibility index (Phi) is 4.55. The van der Waals surface area contributed by atoms with Crippen LogP contribution in [0.4, 0.5) is 11.6 Å². The van der Waals surface area contributed by atoms with Crippen LogP contribution in [0.25, 0.3) is 0 Å². The zero-order valence-corrected chi connectivity index (χ0v) is 13.0. The molecule has 1 saturated carbocycles. The van der Waals surface area contributed by atoms with Crippen molar-refractivity contribution >= 4 is 11.6 Å². The number of rotatable bonds is 6. The maximum atomic E-state index is 5.18. The summed E-state index contributed by atoms with van der Waals surface area (Å²) in [6.07, 6.45) is 2.77. The van der Waals surface area contributed by atoms with Crippen molar-refractivity contribution in [3.63, 3.8) is 0 Å². The van der Waals surface area contributed by atoms with Crippen molar-refractivity contribution in [3.8, 4) is 0 Å². The molecule has 1 aliphatic carbocycles. The summed E-state index contributed by atoms with van der Waals surface area (Å²) in [5.41, 5.74) is 0. The molecule has 2 fully saturated rings. The SMILES string of the molecule is CCNc1cc(N2CCN(C3CC3)CC2)nc(COC)n1. The first-order valence-electron chi connectivity index (χ1n) is 7.90. The Labute approximate surface area is 126 Å². The smallest absolute Gasteiger partial charge is 0.158 e. The van der Waals surface area contributed by atoms with Gasteiger partial charge in [-0.05, 0) is 19.8 Å². The average Bonchev–Trinajstić information content (AvgIpc) is 3.33. The second-order valence-corrected chi connectivity index (χ2v) is 5.75. The fourth-order valence-electron chi connectivity index (χ4n) is 2.87. The van der Waals surface area contributed by atoms with Crippen LogP contribution in [-0.4, -0.2) is 60.7 Å². The van der Waals surface area contributed by atoms with E-state index in [2.05, 4.69) is 38.1 Å². The second-order valence-electron chi connectivity index (χ2n) is 5.75. The molecule has 1 saturated heterocycles. The van der Waals surface area contributed by atoms with Crippen molar-refractivity contribution in [2.24, 2.45) is 0 Å². The van der Waals surface area contributed by atoms with Crippen molar-refractivity contribution in [1.82, 2.24) is 14.9 Å². The van der Waals surface area contributed by atoms with Crippen LogP contribution in [0.2, 0.25) is 0 Å². The molecule has 1 aromatic rings. The Hall–Kier alpha value is -1.40. The lowest BCUT2D eigenvalue weighted by Gasteiger charge is -2.35.